The molecule has 1 saturated carbocycles. The van der Waals surface area contributed by atoms with E-state index in [9.17, 15) is 4.79 Å². The summed E-state index contributed by atoms with van der Waals surface area (Å²) in [6.07, 6.45) is 2.07. The number of ether oxygens (including phenoxy) is 2. The van der Waals surface area contributed by atoms with E-state index in [1.54, 1.807) is 0 Å². The lowest BCUT2D eigenvalue weighted by atomic mass is 10.2. The van der Waals surface area contributed by atoms with E-state index in [2.05, 4.69) is 18.2 Å². The van der Waals surface area contributed by atoms with Gasteiger partial charge in [0.2, 0.25) is 7.41 Å². The van der Waals surface area contributed by atoms with Crippen molar-refractivity contribution in [3.63, 3.8) is 0 Å². The molecule has 4 nitrogen and oxygen atoms in total. The Labute approximate surface area is 164 Å². The van der Waals surface area contributed by atoms with Crippen molar-refractivity contribution in [2.24, 2.45) is 5.92 Å². The highest BCUT2D eigenvalue weighted by atomic mass is 31.2. The summed E-state index contributed by atoms with van der Waals surface area (Å²) in [5.41, 5.74) is 0.907. The van der Waals surface area contributed by atoms with Gasteiger partial charge in [0.1, 0.15) is 11.0 Å². The predicted molar refractivity (Wildman–Crippen MR) is 112 cm³/mol. The predicted octanol–water partition coefficient (Wildman–Crippen LogP) is 4.37. The normalized spacial score (nSPS) is 21.1. The van der Waals surface area contributed by atoms with Crippen LogP contribution in [-0.4, -0.2) is 12.7 Å². The maximum absolute atomic E-state index is 13.3. The number of hydrogen-bond donors (Lipinski definition) is 0. The maximum Gasteiger partial charge on any atom is 0.447 e. The third-order valence-electron chi connectivity index (χ3n) is 5.71. The fourth-order valence-corrected chi connectivity index (χ4v) is 8.61. The maximum atomic E-state index is 13.3. The first kappa shape index (κ1) is 16.1. The molecule has 3 aromatic carbocycles. The van der Waals surface area contributed by atoms with Crippen LogP contribution >= 0.6 is 7.41 Å². The summed E-state index contributed by atoms with van der Waals surface area (Å²) in [6, 6.07) is 24.4. The van der Waals surface area contributed by atoms with E-state index in [0.717, 1.165) is 45.9 Å². The summed E-state index contributed by atoms with van der Waals surface area (Å²) in [4.78, 5) is 13.3. The standard InChI is InChI=1S/C23H19NO3P/c25-23(26-15-16-13-14-16)24-18-9-6-11-20-22(18)28(24,17-7-2-1-3-8-17)21-12-5-4-10-19(21)27-20/h1-12,16H,13-15H2/q+1. The molecule has 5 heteroatoms. The van der Waals surface area contributed by atoms with Gasteiger partial charge in [-0.15, -0.1) is 4.67 Å². The average molecular weight is 388 g/mol. The third-order valence-corrected chi connectivity index (χ3v) is 9.89. The smallest absolute Gasteiger partial charge is 0.447 e. The van der Waals surface area contributed by atoms with Crippen LogP contribution in [0.5, 0.6) is 11.5 Å². The van der Waals surface area contributed by atoms with Crippen LogP contribution in [0.2, 0.25) is 0 Å². The van der Waals surface area contributed by atoms with Gasteiger partial charge in [0, 0.05) is 0 Å². The lowest BCUT2D eigenvalue weighted by Crippen LogP contribution is -2.57. The van der Waals surface area contributed by atoms with Gasteiger partial charge in [0.05, 0.1) is 6.61 Å². The zero-order chi connectivity index (χ0) is 18.7. The Bertz CT molecular complexity index is 1100. The third kappa shape index (κ3) is 2.07. The first-order valence-electron chi connectivity index (χ1n) is 9.63. The van der Waals surface area contributed by atoms with Gasteiger partial charge in [0.15, 0.2) is 22.1 Å². The number of nitrogens with zero attached hydrogens (tertiary/aromatic N) is 1. The van der Waals surface area contributed by atoms with E-state index in [1.165, 1.54) is 0 Å². The largest absolute Gasteiger partial charge is 0.449 e. The minimum Gasteiger partial charge on any atom is -0.449 e. The summed E-state index contributed by atoms with van der Waals surface area (Å²) in [5.74, 6) is 2.20. The molecule has 138 valence electrons. The van der Waals surface area contributed by atoms with E-state index < -0.39 is 7.41 Å². The summed E-state index contributed by atoms with van der Waals surface area (Å²) >= 11 is 0. The lowest BCUT2D eigenvalue weighted by molar-refractivity contribution is 0.152. The number of carbonyl (C=O) groups excluding carboxylic acids is 1. The minimum atomic E-state index is -2.31. The summed E-state index contributed by atoms with van der Waals surface area (Å²) in [7, 11) is -2.31. The van der Waals surface area contributed by atoms with E-state index >= 15 is 0 Å². The number of anilines is 1. The molecule has 1 unspecified atom stereocenters. The molecular formula is C23H19NO3P+. The zero-order valence-electron chi connectivity index (χ0n) is 15.2. The van der Waals surface area contributed by atoms with Crippen molar-refractivity contribution in [1.82, 2.24) is 0 Å². The average Bonchev–Trinajstić information content (AvgIpc) is 3.55. The van der Waals surface area contributed by atoms with Gasteiger partial charge in [-0.1, -0.05) is 36.4 Å². The molecular weight excluding hydrogens is 369 g/mol. The van der Waals surface area contributed by atoms with Crippen LogP contribution in [0.1, 0.15) is 12.8 Å². The Balaban J connectivity index is 1.59. The fourth-order valence-electron chi connectivity index (χ4n) is 4.25. The van der Waals surface area contributed by atoms with Crippen LogP contribution in [0.15, 0.2) is 72.8 Å². The number of benzene rings is 3. The highest BCUT2D eigenvalue weighted by molar-refractivity contribution is 8.00. The molecule has 0 N–H and O–H groups in total. The quantitative estimate of drug-likeness (QED) is 0.626. The molecule has 1 fully saturated rings. The van der Waals surface area contributed by atoms with Crippen LogP contribution in [-0.2, 0) is 4.74 Å². The van der Waals surface area contributed by atoms with Crippen LogP contribution in [0, 0.1) is 5.92 Å². The SMILES string of the molecule is O=C(OCC1CC1)N1c2cccc3c2[P+]1(c1ccccc1)c1ccccc1O3. The van der Waals surface area contributed by atoms with Crippen LogP contribution in [0.25, 0.3) is 0 Å². The molecule has 1 aliphatic carbocycles. The van der Waals surface area contributed by atoms with Crippen molar-refractivity contribution in [2.45, 2.75) is 12.8 Å². The monoisotopic (exact) mass is 388 g/mol. The molecule has 28 heavy (non-hydrogen) atoms. The number of carbonyl (C=O) groups is 1. The molecule has 0 radical (unpaired) electrons. The Kier molecular flexibility index (Phi) is 3.36. The Morgan fingerprint density at radius 2 is 1.71 bits per heavy atom. The molecule has 1 amide bonds. The second-order valence-corrected chi connectivity index (χ2v) is 10.6. The van der Waals surface area contributed by atoms with E-state index in [1.807, 2.05) is 59.3 Å². The van der Waals surface area contributed by atoms with Crippen molar-refractivity contribution in [3.8, 4) is 11.5 Å². The summed E-state index contributed by atoms with van der Waals surface area (Å²) in [6.45, 7) is 0.511. The van der Waals surface area contributed by atoms with Crippen LogP contribution < -0.4 is 25.3 Å². The van der Waals surface area contributed by atoms with E-state index in [0.29, 0.717) is 12.5 Å². The summed E-state index contributed by atoms with van der Waals surface area (Å²) < 4.78 is 13.9. The molecule has 6 rings (SSSR count). The second-order valence-electron chi connectivity index (χ2n) is 7.50. The molecule has 2 heterocycles. The highest BCUT2D eigenvalue weighted by Crippen LogP contribution is 2.73. The van der Waals surface area contributed by atoms with Gasteiger partial charge >= 0.3 is 6.09 Å². The Morgan fingerprint density at radius 3 is 2.54 bits per heavy atom. The van der Waals surface area contributed by atoms with Crippen molar-refractivity contribution in [1.29, 1.82) is 0 Å². The van der Waals surface area contributed by atoms with E-state index in [-0.39, 0.29) is 6.09 Å². The van der Waals surface area contributed by atoms with Crippen LogP contribution in [0.4, 0.5) is 10.5 Å². The molecule has 0 aromatic heterocycles. The zero-order valence-corrected chi connectivity index (χ0v) is 16.1. The molecule has 3 aromatic rings. The minimum absolute atomic E-state index is 0.245. The Morgan fingerprint density at radius 1 is 0.964 bits per heavy atom. The van der Waals surface area contributed by atoms with Gasteiger partial charge in [-0.3, -0.25) is 0 Å². The number of amides is 1. The molecule has 2 aliphatic heterocycles. The van der Waals surface area contributed by atoms with Crippen molar-refractivity contribution in [3.05, 3.63) is 72.8 Å². The molecule has 0 saturated heterocycles. The first-order chi connectivity index (χ1) is 13.8. The highest BCUT2D eigenvalue weighted by Gasteiger charge is 2.70. The first-order valence-corrected chi connectivity index (χ1v) is 11.4. The fraction of sp³-hybridized carbons (Fsp3) is 0.174. The number of hydrogen-bond acceptors (Lipinski definition) is 3. The number of fused-ring (bicyclic) bond motifs is 2. The van der Waals surface area contributed by atoms with Crippen molar-refractivity contribution in [2.75, 3.05) is 11.3 Å². The van der Waals surface area contributed by atoms with Gasteiger partial charge in [-0.2, -0.15) is 0 Å². The number of rotatable bonds is 3. The van der Waals surface area contributed by atoms with Crippen molar-refractivity contribution < 1.29 is 14.3 Å². The van der Waals surface area contributed by atoms with Crippen molar-refractivity contribution >= 4 is 35.1 Å². The Hall–Kier alpha value is -2.84. The summed E-state index contributed by atoms with van der Waals surface area (Å²) in [5, 5.41) is 3.37. The van der Waals surface area contributed by atoms with Crippen LogP contribution in [0.3, 0.4) is 0 Å². The lowest BCUT2D eigenvalue weighted by Gasteiger charge is -2.46. The second kappa shape index (κ2) is 5.83. The van der Waals surface area contributed by atoms with E-state index in [4.69, 9.17) is 9.47 Å². The van der Waals surface area contributed by atoms with Gasteiger partial charge in [0.25, 0.3) is 0 Å². The van der Waals surface area contributed by atoms with Gasteiger partial charge in [-0.25, -0.2) is 4.79 Å². The molecule has 3 aliphatic rings. The van der Waals surface area contributed by atoms with Gasteiger partial charge < -0.3 is 9.47 Å². The molecule has 0 bridgehead atoms. The topological polar surface area (TPSA) is 38.8 Å². The molecule has 1 atom stereocenters. The number of para-hydroxylation sites is 1. The van der Waals surface area contributed by atoms with Gasteiger partial charge in [-0.05, 0) is 55.2 Å². The molecule has 0 spiro atoms.